The molecule has 108 valence electrons. The van der Waals surface area contributed by atoms with Gasteiger partial charge in [-0.2, -0.15) is 4.31 Å². The van der Waals surface area contributed by atoms with Crippen LogP contribution in [0.2, 0.25) is 0 Å². The fourth-order valence-electron chi connectivity index (χ4n) is 1.73. The summed E-state index contributed by atoms with van der Waals surface area (Å²) in [6.45, 7) is 1.70. The topological polar surface area (TPSA) is 50.5 Å². The lowest BCUT2D eigenvalue weighted by Gasteiger charge is -2.16. The minimum absolute atomic E-state index is 0.0347. The molecule has 20 heavy (non-hydrogen) atoms. The Balaban J connectivity index is 2.29. The van der Waals surface area contributed by atoms with E-state index in [1.54, 1.807) is 19.1 Å². The molecule has 0 atom stereocenters. The Kier molecular flexibility index (Phi) is 3.92. The largest absolute Gasteiger partial charge is 0.465 e. The number of hydrogen-bond acceptors (Lipinski definition) is 3. The smallest absolute Gasteiger partial charge is 0.246 e. The van der Waals surface area contributed by atoms with Crippen LogP contribution in [-0.2, 0) is 16.6 Å². The third-order valence-corrected chi connectivity index (χ3v) is 4.59. The first-order chi connectivity index (χ1) is 9.30. The highest BCUT2D eigenvalue weighted by Gasteiger charge is 2.25. The molecule has 7 heteroatoms. The molecule has 0 bridgehead atoms. The Morgan fingerprint density at radius 2 is 1.90 bits per heavy atom. The number of aryl methyl sites for hydroxylation is 1. The van der Waals surface area contributed by atoms with Crippen molar-refractivity contribution in [1.29, 1.82) is 0 Å². The molecule has 4 nitrogen and oxygen atoms in total. The monoisotopic (exact) mass is 301 g/mol. The van der Waals surface area contributed by atoms with E-state index in [4.69, 9.17) is 4.42 Å². The Bertz CT molecular complexity index is 725. The van der Waals surface area contributed by atoms with Crippen LogP contribution >= 0.6 is 0 Å². The minimum Gasteiger partial charge on any atom is -0.465 e. The van der Waals surface area contributed by atoms with Gasteiger partial charge < -0.3 is 4.42 Å². The molecular formula is C13H13F2NO3S. The van der Waals surface area contributed by atoms with Crippen molar-refractivity contribution < 1.29 is 21.6 Å². The van der Waals surface area contributed by atoms with Crippen molar-refractivity contribution in [2.24, 2.45) is 0 Å². The SMILES string of the molecule is Cc1ccc(CN(C)S(=O)(=O)c2ccc(F)cc2F)o1. The van der Waals surface area contributed by atoms with Gasteiger partial charge in [-0.15, -0.1) is 0 Å². The molecule has 0 spiro atoms. The highest BCUT2D eigenvalue weighted by atomic mass is 32.2. The molecule has 0 unspecified atom stereocenters. The first-order valence-electron chi connectivity index (χ1n) is 5.77. The van der Waals surface area contributed by atoms with E-state index in [-0.39, 0.29) is 6.54 Å². The van der Waals surface area contributed by atoms with Crippen LogP contribution in [0.3, 0.4) is 0 Å². The summed E-state index contributed by atoms with van der Waals surface area (Å²) in [6.07, 6.45) is 0. The molecule has 0 saturated heterocycles. The predicted molar refractivity (Wildman–Crippen MR) is 68.5 cm³/mol. The van der Waals surface area contributed by atoms with Gasteiger partial charge in [-0.1, -0.05) is 0 Å². The summed E-state index contributed by atoms with van der Waals surface area (Å²) in [4.78, 5) is -0.565. The number of rotatable bonds is 4. The van der Waals surface area contributed by atoms with Crippen molar-refractivity contribution in [2.75, 3.05) is 7.05 Å². The van der Waals surface area contributed by atoms with E-state index < -0.39 is 26.6 Å². The van der Waals surface area contributed by atoms with Gasteiger partial charge in [-0.25, -0.2) is 17.2 Å². The lowest BCUT2D eigenvalue weighted by Crippen LogP contribution is -2.27. The number of halogens is 2. The normalized spacial score (nSPS) is 12.1. The number of benzene rings is 1. The second kappa shape index (κ2) is 5.34. The molecule has 0 radical (unpaired) electrons. The number of sulfonamides is 1. The van der Waals surface area contributed by atoms with E-state index >= 15 is 0 Å². The highest BCUT2D eigenvalue weighted by Crippen LogP contribution is 2.21. The van der Waals surface area contributed by atoms with Crippen LogP contribution in [0.15, 0.2) is 39.6 Å². The molecule has 1 aromatic carbocycles. The average Bonchev–Trinajstić information content (AvgIpc) is 2.74. The van der Waals surface area contributed by atoms with E-state index in [0.29, 0.717) is 17.6 Å². The van der Waals surface area contributed by atoms with E-state index in [2.05, 4.69) is 0 Å². The van der Waals surface area contributed by atoms with Crippen LogP contribution in [0.4, 0.5) is 8.78 Å². The number of furan rings is 1. The maximum Gasteiger partial charge on any atom is 0.246 e. The third-order valence-electron chi connectivity index (χ3n) is 2.76. The zero-order chi connectivity index (χ0) is 14.9. The summed E-state index contributed by atoms with van der Waals surface area (Å²) < 4.78 is 57.0. The van der Waals surface area contributed by atoms with Crippen LogP contribution in [0, 0.1) is 18.6 Å². The van der Waals surface area contributed by atoms with Gasteiger partial charge in [0, 0.05) is 13.1 Å². The lowest BCUT2D eigenvalue weighted by atomic mass is 10.3. The quantitative estimate of drug-likeness (QED) is 0.872. The number of nitrogens with zero attached hydrogens (tertiary/aromatic N) is 1. The van der Waals surface area contributed by atoms with Crippen LogP contribution in [0.25, 0.3) is 0 Å². The molecule has 0 amide bonds. The molecule has 1 aromatic heterocycles. The maximum absolute atomic E-state index is 13.6. The average molecular weight is 301 g/mol. The summed E-state index contributed by atoms with van der Waals surface area (Å²) in [5.74, 6) is -0.854. The van der Waals surface area contributed by atoms with Gasteiger partial charge in [0.2, 0.25) is 10.0 Å². The zero-order valence-electron chi connectivity index (χ0n) is 10.9. The lowest BCUT2D eigenvalue weighted by molar-refractivity contribution is 0.395. The Morgan fingerprint density at radius 3 is 2.45 bits per heavy atom. The van der Waals surface area contributed by atoms with Crippen molar-refractivity contribution in [3.8, 4) is 0 Å². The van der Waals surface area contributed by atoms with E-state index in [1.165, 1.54) is 7.05 Å². The van der Waals surface area contributed by atoms with Gasteiger partial charge in [0.1, 0.15) is 28.1 Å². The highest BCUT2D eigenvalue weighted by molar-refractivity contribution is 7.89. The molecule has 0 aliphatic rings. The molecule has 0 N–H and O–H groups in total. The van der Waals surface area contributed by atoms with Crippen molar-refractivity contribution in [1.82, 2.24) is 4.31 Å². The fourth-order valence-corrected chi connectivity index (χ4v) is 2.91. The van der Waals surface area contributed by atoms with Crippen molar-refractivity contribution in [3.05, 3.63) is 53.5 Å². The third kappa shape index (κ3) is 2.88. The van der Waals surface area contributed by atoms with E-state index in [9.17, 15) is 17.2 Å². The molecule has 2 rings (SSSR count). The molecule has 0 aliphatic carbocycles. The predicted octanol–water partition coefficient (Wildman–Crippen LogP) is 2.69. The van der Waals surface area contributed by atoms with Gasteiger partial charge >= 0.3 is 0 Å². The van der Waals surface area contributed by atoms with Crippen molar-refractivity contribution in [3.63, 3.8) is 0 Å². The summed E-state index contributed by atoms with van der Waals surface area (Å²) in [5, 5.41) is 0. The first kappa shape index (κ1) is 14.7. The van der Waals surface area contributed by atoms with Crippen LogP contribution < -0.4 is 0 Å². The van der Waals surface area contributed by atoms with Crippen LogP contribution in [-0.4, -0.2) is 19.8 Å². The van der Waals surface area contributed by atoms with Crippen LogP contribution in [0.5, 0.6) is 0 Å². The Labute approximate surface area is 115 Å². The van der Waals surface area contributed by atoms with Gasteiger partial charge in [-0.05, 0) is 31.2 Å². The maximum atomic E-state index is 13.6. The number of hydrogen-bond donors (Lipinski definition) is 0. The van der Waals surface area contributed by atoms with Crippen molar-refractivity contribution in [2.45, 2.75) is 18.4 Å². The van der Waals surface area contributed by atoms with Gasteiger partial charge in [-0.3, -0.25) is 0 Å². The standard InChI is InChI=1S/C13H13F2NO3S/c1-9-3-5-11(19-9)8-16(2)20(17,18)13-6-4-10(14)7-12(13)15/h3-7H,8H2,1-2H3. The van der Waals surface area contributed by atoms with Crippen LogP contribution in [0.1, 0.15) is 11.5 Å². The van der Waals surface area contributed by atoms with E-state index in [1.807, 2.05) is 0 Å². The second-order valence-electron chi connectivity index (χ2n) is 4.35. The first-order valence-corrected chi connectivity index (χ1v) is 7.21. The van der Waals surface area contributed by atoms with Crippen molar-refractivity contribution >= 4 is 10.0 Å². The summed E-state index contributed by atoms with van der Waals surface area (Å²) in [5.41, 5.74) is 0. The van der Waals surface area contributed by atoms with Gasteiger partial charge in [0.05, 0.1) is 6.54 Å². The molecule has 2 aromatic rings. The molecule has 0 fully saturated rings. The Hall–Kier alpha value is -1.73. The summed E-state index contributed by atoms with van der Waals surface area (Å²) in [6, 6.07) is 5.69. The fraction of sp³-hybridized carbons (Fsp3) is 0.231. The summed E-state index contributed by atoms with van der Waals surface area (Å²) in [7, 11) is -2.74. The minimum atomic E-state index is -4.04. The zero-order valence-corrected chi connectivity index (χ0v) is 11.7. The molecule has 0 saturated carbocycles. The molecular weight excluding hydrogens is 288 g/mol. The molecule has 0 aliphatic heterocycles. The van der Waals surface area contributed by atoms with E-state index in [0.717, 1.165) is 16.4 Å². The second-order valence-corrected chi connectivity index (χ2v) is 6.36. The Morgan fingerprint density at radius 1 is 1.20 bits per heavy atom. The van der Waals surface area contributed by atoms with Gasteiger partial charge in [0.25, 0.3) is 0 Å². The molecule has 1 heterocycles. The summed E-state index contributed by atoms with van der Waals surface area (Å²) >= 11 is 0. The van der Waals surface area contributed by atoms with Gasteiger partial charge in [0.15, 0.2) is 0 Å².